The van der Waals surface area contributed by atoms with Gasteiger partial charge in [0, 0.05) is 39.4 Å². The Balaban J connectivity index is 0.00000338. The average Bonchev–Trinajstić information content (AvgIpc) is 3.02. The molecule has 1 heterocycles. The normalized spacial score (nSPS) is 10.8. The van der Waals surface area contributed by atoms with Gasteiger partial charge in [0.05, 0.1) is 18.8 Å². The number of halogens is 1. The van der Waals surface area contributed by atoms with E-state index in [1.807, 2.05) is 49.0 Å². The summed E-state index contributed by atoms with van der Waals surface area (Å²) in [4.78, 5) is 18.1. The maximum atomic E-state index is 11.9. The second kappa shape index (κ2) is 10.8. The number of hydrogen-bond donors (Lipinski definition) is 2. The van der Waals surface area contributed by atoms with Gasteiger partial charge in [0.25, 0.3) is 5.91 Å². The predicted octanol–water partition coefficient (Wildman–Crippen LogP) is 2.00. The molecule has 1 aromatic carbocycles. The SMILES string of the molecule is CCNC(=NCc1ccc(C(=O)N(C)C)cc1)NCc1ccnn1C.I. The van der Waals surface area contributed by atoms with Crippen molar-refractivity contribution >= 4 is 35.8 Å². The van der Waals surface area contributed by atoms with Crippen molar-refractivity contribution in [2.45, 2.75) is 20.0 Å². The fourth-order valence-corrected chi connectivity index (χ4v) is 2.27. The molecule has 0 spiro atoms. The van der Waals surface area contributed by atoms with Crippen LogP contribution in [0, 0.1) is 0 Å². The van der Waals surface area contributed by atoms with Crippen LogP contribution in [0.2, 0.25) is 0 Å². The van der Waals surface area contributed by atoms with Gasteiger partial charge in [0.2, 0.25) is 0 Å². The molecule has 2 N–H and O–H groups in total. The van der Waals surface area contributed by atoms with Gasteiger partial charge >= 0.3 is 0 Å². The molecule has 1 amide bonds. The van der Waals surface area contributed by atoms with E-state index in [4.69, 9.17) is 0 Å². The van der Waals surface area contributed by atoms with Gasteiger partial charge in [0.15, 0.2) is 5.96 Å². The molecule has 0 unspecified atom stereocenters. The van der Waals surface area contributed by atoms with Crippen molar-refractivity contribution in [1.29, 1.82) is 0 Å². The van der Waals surface area contributed by atoms with E-state index in [2.05, 4.69) is 20.7 Å². The van der Waals surface area contributed by atoms with Crippen LogP contribution in [0.1, 0.15) is 28.5 Å². The van der Waals surface area contributed by atoms with Crippen molar-refractivity contribution in [3.05, 3.63) is 53.3 Å². The lowest BCUT2D eigenvalue weighted by Gasteiger charge is -2.12. The lowest BCUT2D eigenvalue weighted by atomic mass is 10.1. The second-order valence-corrected chi connectivity index (χ2v) is 5.89. The highest BCUT2D eigenvalue weighted by atomic mass is 127. The Hall–Kier alpha value is -2.10. The van der Waals surface area contributed by atoms with E-state index < -0.39 is 0 Å². The third kappa shape index (κ3) is 6.32. The average molecular weight is 470 g/mol. The topological polar surface area (TPSA) is 74.6 Å². The molecule has 0 saturated heterocycles. The van der Waals surface area contributed by atoms with Crippen molar-refractivity contribution in [2.75, 3.05) is 20.6 Å². The number of carbonyl (C=O) groups excluding carboxylic acids is 1. The number of benzene rings is 1. The minimum Gasteiger partial charge on any atom is -0.357 e. The minimum absolute atomic E-state index is 0. The van der Waals surface area contributed by atoms with Crippen molar-refractivity contribution in [1.82, 2.24) is 25.3 Å². The lowest BCUT2D eigenvalue weighted by Crippen LogP contribution is -2.37. The fourth-order valence-electron chi connectivity index (χ4n) is 2.27. The van der Waals surface area contributed by atoms with Gasteiger partial charge in [0.1, 0.15) is 0 Å². The highest BCUT2D eigenvalue weighted by Crippen LogP contribution is 2.07. The molecule has 0 aliphatic carbocycles. The summed E-state index contributed by atoms with van der Waals surface area (Å²) in [6.07, 6.45) is 1.78. The molecule has 2 rings (SSSR count). The number of carbonyl (C=O) groups is 1. The van der Waals surface area contributed by atoms with Crippen LogP contribution in [0.3, 0.4) is 0 Å². The molecule has 2 aromatic rings. The summed E-state index contributed by atoms with van der Waals surface area (Å²) in [6, 6.07) is 9.51. The zero-order valence-corrected chi connectivity index (χ0v) is 18.0. The monoisotopic (exact) mass is 470 g/mol. The van der Waals surface area contributed by atoms with Gasteiger partial charge < -0.3 is 15.5 Å². The summed E-state index contributed by atoms with van der Waals surface area (Å²) in [6.45, 7) is 4.01. The first-order chi connectivity index (χ1) is 12.0. The van der Waals surface area contributed by atoms with E-state index >= 15 is 0 Å². The third-order valence-corrected chi connectivity index (χ3v) is 3.73. The fraction of sp³-hybridized carbons (Fsp3) is 0.389. The van der Waals surface area contributed by atoms with E-state index in [1.165, 1.54) is 0 Å². The minimum atomic E-state index is 0. The Morgan fingerprint density at radius 3 is 2.42 bits per heavy atom. The van der Waals surface area contributed by atoms with Crippen molar-refractivity contribution in [3.63, 3.8) is 0 Å². The van der Waals surface area contributed by atoms with Crippen molar-refractivity contribution in [3.8, 4) is 0 Å². The second-order valence-electron chi connectivity index (χ2n) is 5.89. The van der Waals surface area contributed by atoms with Crippen LogP contribution >= 0.6 is 24.0 Å². The number of aryl methyl sites for hydroxylation is 1. The molecule has 7 nitrogen and oxygen atoms in total. The highest BCUT2D eigenvalue weighted by Gasteiger charge is 2.07. The van der Waals surface area contributed by atoms with E-state index in [9.17, 15) is 4.79 Å². The van der Waals surface area contributed by atoms with Crippen LogP contribution in [0.5, 0.6) is 0 Å². The molecular formula is C18H27IN6O. The first kappa shape index (κ1) is 21.9. The Labute approximate surface area is 171 Å². The summed E-state index contributed by atoms with van der Waals surface area (Å²) in [5.41, 5.74) is 2.81. The van der Waals surface area contributed by atoms with Gasteiger partial charge in [-0.3, -0.25) is 9.48 Å². The zero-order chi connectivity index (χ0) is 18.2. The van der Waals surface area contributed by atoms with Crippen molar-refractivity contribution in [2.24, 2.45) is 12.0 Å². The largest absolute Gasteiger partial charge is 0.357 e. The number of aliphatic imine (C=N–C) groups is 1. The molecule has 0 aliphatic rings. The van der Waals surface area contributed by atoms with E-state index in [0.29, 0.717) is 18.7 Å². The molecule has 8 heteroatoms. The maximum absolute atomic E-state index is 11.9. The summed E-state index contributed by atoms with van der Waals surface area (Å²) in [7, 11) is 5.41. The molecule has 0 atom stereocenters. The van der Waals surface area contributed by atoms with E-state index in [1.54, 1.807) is 25.2 Å². The van der Waals surface area contributed by atoms with Gasteiger partial charge in [-0.15, -0.1) is 24.0 Å². The van der Waals surface area contributed by atoms with Crippen LogP contribution in [-0.2, 0) is 20.1 Å². The molecule has 0 saturated carbocycles. The first-order valence-electron chi connectivity index (χ1n) is 8.31. The predicted molar refractivity (Wildman–Crippen MR) is 115 cm³/mol. The van der Waals surface area contributed by atoms with Gasteiger partial charge in [-0.25, -0.2) is 4.99 Å². The molecule has 0 bridgehead atoms. The van der Waals surface area contributed by atoms with Crippen LogP contribution in [0.4, 0.5) is 0 Å². The van der Waals surface area contributed by atoms with Crippen LogP contribution in [0.25, 0.3) is 0 Å². The van der Waals surface area contributed by atoms with Crippen LogP contribution in [-0.4, -0.2) is 47.2 Å². The Morgan fingerprint density at radius 2 is 1.88 bits per heavy atom. The van der Waals surface area contributed by atoms with Gasteiger partial charge in [-0.05, 0) is 30.7 Å². The van der Waals surface area contributed by atoms with E-state index in [0.717, 1.165) is 23.8 Å². The Bertz CT molecular complexity index is 724. The van der Waals surface area contributed by atoms with Crippen molar-refractivity contribution < 1.29 is 4.79 Å². The number of rotatable bonds is 6. The molecule has 0 fully saturated rings. The van der Waals surface area contributed by atoms with Crippen LogP contribution in [0.15, 0.2) is 41.5 Å². The lowest BCUT2D eigenvalue weighted by molar-refractivity contribution is 0.0827. The Morgan fingerprint density at radius 1 is 1.19 bits per heavy atom. The summed E-state index contributed by atoms with van der Waals surface area (Å²) < 4.78 is 1.83. The van der Waals surface area contributed by atoms with Gasteiger partial charge in [-0.2, -0.15) is 5.10 Å². The molecule has 142 valence electrons. The number of amides is 1. The summed E-state index contributed by atoms with van der Waals surface area (Å²) >= 11 is 0. The Kier molecular flexibility index (Phi) is 9.11. The van der Waals surface area contributed by atoms with Gasteiger partial charge in [-0.1, -0.05) is 12.1 Å². The molecule has 0 radical (unpaired) electrons. The zero-order valence-electron chi connectivity index (χ0n) is 15.7. The first-order valence-corrected chi connectivity index (χ1v) is 8.31. The molecule has 0 aliphatic heterocycles. The summed E-state index contributed by atoms with van der Waals surface area (Å²) in [5, 5.41) is 10.7. The number of nitrogens with zero attached hydrogens (tertiary/aromatic N) is 4. The maximum Gasteiger partial charge on any atom is 0.253 e. The number of hydrogen-bond acceptors (Lipinski definition) is 3. The number of aromatic nitrogens is 2. The standard InChI is InChI=1S/C18H26N6O.HI/c1-5-19-18(21-13-16-10-11-22-24(16)4)20-12-14-6-8-15(9-7-14)17(25)23(2)3;/h6-11H,5,12-13H2,1-4H3,(H2,19,20,21);1H. The summed E-state index contributed by atoms with van der Waals surface area (Å²) in [5.74, 6) is 0.748. The number of guanidine groups is 1. The third-order valence-electron chi connectivity index (χ3n) is 3.73. The number of nitrogens with one attached hydrogen (secondary N) is 2. The molecule has 26 heavy (non-hydrogen) atoms. The highest BCUT2D eigenvalue weighted by molar-refractivity contribution is 14.0. The van der Waals surface area contributed by atoms with E-state index in [-0.39, 0.29) is 29.9 Å². The quantitative estimate of drug-likeness (QED) is 0.385. The smallest absolute Gasteiger partial charge is 0.253 e. The molecular weight excluding hydrogens is 443 g/mol. The van der Waals surface area contributed by atoms with Crippen LogP contribution < -0.4 is 10.6 Å². The molecule has 1 aromatic heterocycles.